The zero-order valence-electron chi connectivity index (χ0n) is 19.4. The van der Waals surface area contributed by atoms with Gasteiger partial charge in [-0.1, -0.05) is 60.7 Å². The number of hydrogen-bond donors (Lipinski definition) is 0. The van der Waals surface area contributed by atoms with Crippen molar-refractivity contribution in [1.82, 2.24) is 0 Å². The maximum Gasteiger partial charge on any atom is 0.338 e. The molecule has 33 heavy (non-hydrogen) atoms. The highest BCUT2D eigenvalue weighted by Crippen LogP contribution is 2.38. The number of carbonyl (C=O) groups excluding carboxylic acids is 1. The highest BCUT2D eigenvalue weighted by atomic mass is 32.2. The summed E-state index contributed by atoms with van der Waals surface area (Å²) in [6, 6.07) is 24.6. The van der Waals surface area contributed by atoms with Gasteiger partial charge in [-0.25, -0.2) is 4.79 Å². The van der Waals surface area contributed by atoms with Crippen molar-refractivity contribution in [2.24, 2.45) is 0 Å². The van der Waals surface area contributed by atoms with Crippen LogP contribution in [0.2, 0.25) is 0 Å². The highest BCUT2D eigenvalue weighted by Gasteiger charge is 2.41. The molecule has 0 saturated carbocycles. The minimum absolute atomic E-state index is 0.208. The molecule has 0 spiro atoms. The van der Waals surface area contributed by atoms with Crippen molar-refractivity contribution in [2.75, 3.05) is 24.9 Å². The van der Waals surface area contributed by atoms with E-state index in [0.29, 0.717) is 18.5 Å². The predicted molar refractivity (Wildman–Crippen MR) is 139 cm³/mol. The van der Waals surface area contributed by atoms with Crippen LogP contribution in [0.1, 0.15) is 32.3 Å². The van der Waals surface area contributed by atoms with Gasteiger partial charge in [-0.3, -0.25) is 0 Å². The summed E-state index contributed by atoms with van der Waals surface area (Å²) in [7, 11) is -2.09. The lowest BCUT2D eigenvalue weighted by molar-refractivity contribution is -0.170. The third-order valence-electron chi connectivity index (χ3n) is 5.56. The van der Waals surface area contributed by atoms with Crippen LogP contribution in [0.15, 0.2) is 77.7 Å². The van der Waals surface area contributed by atoms with Gasteiger partial charge in [-0.15, -0.1) is 11.8 Å². The molecule has 2 unspecified atom stereocenters. The van der Waals surface area contributed by atoms with Crippen LogP contribution in [0.5, 0.6) is 0 Å². The van der Waals surface area contributed by atoms with Crippen LogP contribution in [0.4, 0.5) is 0 Å². The zero-order chi connectivity index (χ0) is 23.5. The van der Waals surface area contributed by atoms with E-state index in [1.165, 1.54) is 16.3 Å². The Kier molecular flexibility index (Phi) is 10.1. The molecular weight excluding hydrogens is 451 g/mol. The van der Waals surface area contributed by atoms with Gasteiger partial charge in [-0.2, -0.15) is 0 Å². The zero-order valence-corrected chi connectivity index (χ0v) is 21.2. The Balaban J connectivity index is 1.67. The summed E-state index contributed by atoms with van der Waals surface area (Å²) < 4.78 is 24.6. The van der Waals surface area contributed by atoms with Crippen LogP contribution >= 0.6 is 19.6 Å². The molecule has 4 nitrogen and oxygen atoms in total. The second kappa shape index (κ2) is 13.0. The van der Waals surface area contributed by atoms with Crippen molar-refractivity contribution in [3.8, 4) is 0 Å². The van der Waals surface area contributed by atoms with Crippen LogP contribution in [0.25, 0.3) is 10.8 Å². The molecule has 176 valence electrons. The molecule has 3 aromatic carbocycles. The van der Waals surface area contributed by atoms with E-state index in [1.54, 1.807) is 18.7 Å². The fourth-order valence-electron chi connectivity index (χ4n) is 4.00. The van der Waals surface area contributed by atoms with E-state index in [-0.39, 0.29) is 12.8 Å². The standard InChI is InChI=1S/C27H33O4PS/c1-3-30-26(28)27(31-4-2,18-10-13-22-11-6-5-7-12-22)20-32(29)21-33-25-17-16-23-14-8-9-15-24(23)19-25/h5-9,11-12,14-17,19,32H,3-4,10,13,18,20-21H2,1-2H3. The van der Waals surface area contributed by atoms with Crippen LogP contribution in [0.3, 0.4) is 0 Å². The van der Waals surface area contributed by atoms with E-state index in [0.717, 1.165) is 17.7 Å². The molecule has 0 N–H and O–H groups in total. The first kappa shape index (κ1) is 25.6. The molecule has 0 aromatic heterocycles. The molecule has 2 atom stereocenters. The molecule has 0 aliphatic heterocycles. The summed E-state index contributed by atoms with van der Waals surface area (Å²) in [5.41, 5.74) is 0.529. The van der Waals surface area contributed by atoms with Gasteiger partial charge in [-0.05, 0) is 61.6 Å². The summed E-state index contributed by atoms with van der Waals surface area (Å²) in [5, 5.41) is 2.35. The maximum atomic E-state index is 13.2. The predicted octanol–water partition coefficient (Wildman–Crippen LogP) is 6.81. The number of benzene rings is 3. The Hall–Kier alpha value is -2.07. The minimum Gasteiger partial charge on any atom is -0.464 e. The number of thioether (sulfide) groups is 1. The average molecular weight is 485 g/mol. The molecule has 0 radical (unpaired) electrons. The van der Waals surface area contributed by atoms with Crippen molar-refractivity contribution in [3.63, 3.8) is 0 Å². The van der Waals surface area contributed by atoms with E-state index in [9.17, 15) is 9.36 Å². The van der Waals surface area contributed by atoms with E-state index in [2.05, 4.69) is 42.5 Å². The summed E-state index contributed by atoms with van der Waals surface area (Å²) in [6.45, 7) is 4.31. The number of ether oxygens (including phenoxy) is 2. The highest BCUT2D eigenvalue weighted by molar-refractivity contribution is 8.03. The van der Waals surface area contributed by atoms with Crippen molar-refractivity contribution in [2.45, 2.75) is 43.6 Å². The molecule has 0 saturated heterocycles. The Bertz CT molecular complexity index is 1060. The second-order valence-electron chi connectivity index (χ2n) is 8.00. The van der Waals surface area contributed by atoms with Gasteiger partial charge < -0.3 is 14.0 Å². The van der Waals surface area contributed by atoms with Crippen molar-refractivity contribution < 1.29 is 18.8 Å². The van der Waals surface area contributed by atoms with Gasteiger partial charge in [0.05, 0.1) is 14.4 Å². The summed E-state index contributed by atoms with van der Waals surface area (Å²) >= 11 is 1.57. The van der Waals surface area contributed by atoms with Gasteiger partial charge in [0.25, 0.3) is 0 Å². The molecule has 3 rings (SSSR count). The number of rotatable bonds is 13. The van der Waals surface area contributed by atoms with Gasteiger partial charge >= 0.3 is 5.97 Å². The first-order chi connectivity index (χ1) is 16.1. The van der Waals surface area contributed by atoms with Crippen LogP contribution in [-0.4, -0.2) is 36.4 Å². The van der Waals surface area contributed by atoms with Crippen LogP contribution in [-0.2, 0) is 25.3 Å². The van der Waals surface area contributed by atoms with Crippen molar-refractivity contribution in [1.29, 1.82) is 0 Å². The SMILES string of the molecule is CCOC(=O)C(CCCc1ccccc1)(C[PH](=O)CSc1ccc2ccccc2c1)OCC. The fraction of sp³-hybridized carbons (Fsp3) is 0.370. The van der Waals surface area contributed by atoms with Crippen LogP contribution in [0, 0.1) is 0 Å². The molecule has 0 bridgehead atoms. The number of esters is 1. The summed E-state index contributed by atoms with van der Waals surface area (Å²) in [5.74, 6) is -0.394. The maximum absolute atomic E-state index is 13.2. The minimum atomic E-state index is -2.09. The molecule has 0 heterocycles. The molecule has 3 aromatic rings. The van der Waals surface area contributed by atoms with E-state index in [4.69, 9.17) is 9.47 Å². The molecule has 0 aliphatic rings. The largest absolute Gasteiger partial charge is 0.464 e. The lowest BCUT2D eigenvalue weighted by Gasteiger charge is -2.31. The Morgan fingerprint density at radius 2 is 1.67 bits per heavy atom. The quantitative estimate of drug-likeness (QED) is 0.152. The second-order valence-corrected chi connectivity index (χ2v) is 11.3. The molecular formula is C27H33O4PS. The first-order valence-corrected chi connectivity index (χ1v) is 14.4. The van der Waals surface area contributed by atoms with Gasteiger partial charge in [0.1, 0.15) is 0 Å². The molecule has 0 amide bonds. The first-order valence-electron chi connectivity index (χ1n) is 11.5. The number of hydrogen-bond acceptors (Lipinski definition) is 5. The normalized spacial score (nSPS) is 14.0. The number of aryl methyl sites for hydroxylation is 1. The lowest BCUT2D eigenvalue weighted by atomic mass is 9.96. The van der Waals surface area contributed by atoms with Gasteiger partial charge in [0.15, 0.2) is 5.60 Å². The third kappa shape index (κ3) is 7.46. The third-order valence-corrected chi connectivity index (χ3v) is 8.98. The Labute approximate surface area is 201 Å². The topological polar surface area (TPSA) is 52.6 Å². The smallest absolute Gasteiger partial charge is 0.338 e. The average Bonchev–Trinajstić information content (AvgIpc) is 2.83. The van der Waals surface area contributed by atoms with Crippen LogP contribution < -0.4 is 0 Å². The van der Waals surface area contributed by atoms with E-state index >= 15 is 0 Å². The van der Waals surface area contributed by atoms with Gasteiger partial charge in [0, 0.05) is 23.2 Å². The summed E-state index contributed by atoms with van der Waals surface area (Å²) in [4.78, 5) is 14.1. The van der Waals surface area contributed by atoms with Crippen molar-refractivity contribution in [3.05, 3.63) is 78.4 Å². The van der Waals surface area contributed by atoms with E-state index < -0.39 is 19.4 Å². The molecule has 6 heteroatoms. The fourth-order valence-corrected chi connectivity index (χ4v) is 7.15. The Morgan fingerprint density at radius 3 is 2.39 bits per heavy atom. The monoisotopic (exact) mass is 484 g/mol. The molecule has 0 fully saturated rings. The van der Waals surface area contributed by atoms with Gasteiger partial charge in [0.2, 0.25) is 0 Å². The molecule has 0 aliphatic carbocycles. The number of carbonyl (C=O) groups is 1. The Morgan fingerprint density at radius 1 is 0.939 bits per heavy atom. The summed E-state index contributed by atoms with van der Waals surface area (Å²) in [6.07, 6.45) is 2.29. The number of fused-ring (bicyclic) bond motifs is 1. The van der Waals surface area contributed by atoms with E-state index in [1.807, 2.05) is 37.3 Å². The lowest BCUT2D eigenvalue weighted by Crippen LogP contribution is -2.46. The van der Waals surface area contributed by atoms with Crippen molar-refractivity contribution >= 4 is 36.3 Å².